The van der Waals surface area contributed by atoms with E-state index >= 15 is 0 Å². The number of anilines is 3. The summed E-state index contributed by atoms with van der Waals surface area (Å²) in [5.41, 5.74) is 20.5. The lowest BCUT2D eigenvalue weighted by Crippen LogP contribution is -2.72. The van der Waals surface area contributed by atoms with Crippen LogP contribution in [0.4, 0.5) is 17.1 Å². The minimum Gasteiger partial charge on any atom is -0.311 e. The standard InChI is InChI=1S/C64H54BNSi/c1-63(2,3)47-24-20-23-44(38-47)54-39-46-37-45(43-21-10-7-11-22-43)40-59-62(46)65(56-36-33-48(41-55(54)56)64(4,5)6)57-30-17-18-31-58(57)66(59)49-34-35-53-52-29-16-19-32-60(52)67(61(53)42-49,50-25-12-8-13-26-50)51-27-14-9-15-28-51/h7-42H,1-6H3. The molecule has 67 heavy (non-hydrogen) atoms. The van der Waals surface area contributed by atoms with Crippen LogP contribution >= 0.6 is 0 Å². The van der Waals surface area contributed by atoms with Crippen LogP contribution in [-0.2, 0) is 10.8 Å². The van der Waals surface area contributed by atoms with Gasteiger partial charge in [0, 0.05) is 17.1 Å². The van der Waals surface area contributed by atoms with E-state index in [0.29, 0.717) is 0 Å². The molecular formula is C64H54BNSi. The van der Waals surface area contributed by atoms with Crippen molar-refractivity contribution < 1.29 is 0 Å². The van der Waals surface area contributed by atoms with E-state index in [1.165, 1.54) is 110 Å². The van der Waals surface area contributed by atoms with E-state index in [0.717, 1.165) is 0 Å². The predicted molar refractivity (Wildman–Crippen MR) is 291 cm³/mol. The van der Waals surface area contributed by atoms with Crippen molar-refractivity contribution in [2.45, 2.75) is 52.4 Å². The molecule has 0 aliphatic carbocycles. The highest BCUT2D eigenvalue weighted by Gasteiger charge is 2.49. The lowest BCUT2D eigenvalue weighted by molar-refractivity contribution is 0.590. The highest BCUT2D eigenvalue weighted by atomic mass is 28.3. The van der Waals surface area contributed by atoms with Gasteiger partial charge in [-0.15, -0.1) is 0 Å². The Balaban J connectivity index is 1.18. The van der Waals surface area contributed by atoms with Gasteiger partial charge in [0.1, 0.15) is 0 Å². The molecule has 322 valence electrons. The van der Waals surface area contributed by atoms with Crippen molar-refractivity contribution >= 4 is 80.6 Å². The Morgan fingerprint density at radius 3 is 1.73 bits per heavy atom. The third-order valence-corrected chi connectivity index (χ3v) is 19.7. The molecule has 0 atom stereocenters. The van der Waals surface area contributed by atoms with E-state index in [9.17, 15) is 0 Å². The van der Waals surface area contributed by atoms with Crippen molar-refractivity contribution in [1.29, 1.82) is 0 Å². The molecule has 9 aromatic carbocycles. The molecule has 0 amide bonds. The van der Waals surface area contributed by atoms with Crippen molar-refractivity contribution in [2.24, 2.45) is 0 Å². The minimum absolute atomic E-state index is 0.00613. The fourth-order valence-corrected chi connectivity index (χ4v) is 16.8. The van der Waals surface area contributed by atoms with Crippen LogP contribution in [-0.4, -0.2) is 14.8 Å². The first kappa shape index (κ1) is 41.2. The van der Waals surface area contributed by atoms with Crippen molar-refractivity contribution in [3.63, 3.8) is 0 Å². The highest BCUT2D eigenvalue weighted by Crippen LogP contribution is 2.43. The molecule has 3 heterocycles. The van der Waals surface area contributed by atoms with Gasteiger partial charge in [0.05, 0.1) is 0 Å². The molecule has 0 unspecified atom stereocenters. The molecule has 0 aromatic heterocycles. The van der Waals surface area contributed by atoms with E-state index in [2.05, 4.69) is 265 Å². The molecule has 12 rings (SSSR count). The van der Waals surface area contributed by atoms with E-state index < -0.39 is 8.07 Å². The number of benzene rings is 9. The Hall–Kier alpha value is -7.20. The SMILES string of the molecule is CC(C)(C)c1cccc(C2=Cc3cc(-c4ccccc4)cc4c3B(c3ccc(C(C)(C)C)cc32)c2ccccc2N4c2ccc3c(c2)[Si](c2ccccc2)(c2ccccc2)c2ccccc2-3)c1. The van der Waals surface area contributed by atoms with Crippen LogP contribution in [0.5, 0.6) is 0 Å². The minimum atomic E-state index is -2.77. The summed E-state index contributed by atoms with van der Waals surface area (Å²) < 4.78 is 0. The number of para-hydroxylation sites is 1. The number of rotatable bonds is 5. The number of hydrogen-bond acceptors (Lipinski definition) is 1. The van der Waals surface area contributed by atoms with Crippen molar-refractivity contribution in [2.75, 3.05) is 4.90 Å². The van der Waals surface area contributed by atoms with E-state index in [1.807, 2.05) is 0 Å². The summed E-state index contributed by atoms with van der Waals surface area (Å²) in [5.74, 6) is 0. The van der Waals surface area contributed by atoms with E-state index in [4.69, 9.17) is 0 Å². The van der Waals surface area contributed by atoms with Crippen LogP contribution in [0.25, 0.3) is 33.9 Å². The van der Waals surface area contributed by atoms with Gasteiger partial charge in [-0.25, -0.2) is 0 Å². The molecule has 1 nitrogen and oxygen atoms in total. The lowest BCUT2D eigenvalue weighted by Gasteiger charge is -2.39. The zero-order valence-electron chi connectivity index (χ0n) is 39.3. The lowest BCUT2D eigenvalue weighted by atomic mass is 9.34. The van der Waals surface area contributed by atoms with Crippen LogP contribution in [0.1, 0.15) is 69.4 Å². The topological polar surface area (TPSA) is 3.24 Å². The Bertz CT molecular complexity index is 3390. The molecule has 0 spiro atoms. The Kier molecular flexibility index (Phi) is 9.51. The quantitative estimate of drug-likeness (QED) is 0.156. The van der Waals surface area contributed by atoms with Gasteiger partial charge in [-0.1, -0.05) is 229 Å². The average molecular weight is 876 g/mol. The highest BCUT2D eigenvalue weighted by molar-refractivity contribution is 7.22. The Morgan fingerprint density at radius 1 is 0.403 bits per heavy atom. The molecule has 0 fully saturated rings. The zero-order valence-corrected chi connectivity index (χ0v) is 40.3. The first-order valence-corrected chi connectivity index (χ1v) is 26.0. The molecule has 3 heteroatoms. The molecule has 0 saturated carbocycles. The maximum Gasteiger partial charge on any atom is 0.248 e. The fraction of sp³-hybridized carbons (Fsp3) is 0.125. The first-order chi connectivity index (χ1) is 32.5. The largest absolute Gasteiger partial charge is 0.311 e. The summed E-state index contributed by atoms with van der Waals surface area (Å²) in [6, 6.07) is 81.3. The zero-order chi connectivity index (χ0) is 45.7. The molecule has 0 radical (unpaired) electrons. The van der Waals surface area contributed by atoms with Gasteiger partial charge in [-0.2, -0.15) is 0 Å². The van der Waals surface area contributed by atoms with Crippen LogP contribution in [0.3, 0.4) is 0 Å². The van der Waals surface area contributed by atoms with Gasteiger partial charge in [-0.3, -0.25) is 0 Å². The molecule has 0 saturated heterocycles. The Labute approximate surface area is 398 Å². The average Bonchev–Trinajstić information content (AvgIpc) is 3.56. The summed E-state index contributed by atoms with van der Waals surface area (Å²) in [4.78, 5) is 2.61. The number of fused-ring (bicyclic) bond motifs is 7. The summed E-state index contributed by atoms with van der Waals surface area (Å²) in [5, 5.41) is 5.71. The summed E-state index contributed by atoms with van der Waals surface area (Å²) in [7, 11) is -2.77. The second kappa shape index (κ2) is 15.4. The van der Waals surface area contributed by atoms with E-state index in [-0.39, 0.29) is 17.5 Å². The number of hydrogen-bond donors (Lipinski definition) is 0. The van der Waals surface area contributed by atoms with Crippen molar-refractivity contribution in [3.05, 3.63) is 240 Å². The Morgan fingerprint density at radius 2 is 1.01 bits per heavy atom. The number of nitrogens with zero attached hydrogens (tertiary/aromatic N) is 1. The smallest absolute Gasteiger partial charge is 0.248 e. The van der Waals surface area contributed by atoms with Crippen LogP contribution in [0.2, 0.25) is 0 Å². The van der Waals surface area contributed by atoms with Gasteiger partial charge >= 0.3 is 0 Å². The summed E-state index contributed by atoms with van der Waals surface area (Å²) in [6.45, 7) is 14.0. The maximum absolute atomic E-state index is 2.77. The van der Waals surface area contributed by atoms with Crippen molar-refractivity contribution in [1.82, 2.24) is 0 Å². The molecule has 3 aliphatic rings. The molecule has 9 aromatic rings. The molecular weight excluding hydrogens is 822 g/mol. The van der Waals surface area contributed by atoms with E-state index in [1.54, 1.807) is 0 Å². The second-order valence-electron chi connectivity index (χ2n) is 20.9. The molecule has 0 bridgehead atoms. The summed E-state index contributed by atoms with van der Waals surface area (Å²) >= 11 is 0. The fourth-order valence-electron chi connectivity index (χ4n) is 11.6. The molecule has 0 N–H and O–H groups in total. The third-order valence-electron chi connectivity index (χ3n) is 14.9. The van der Waals surface area contributed by atoms with Gasteiger partial charge in [0.15, 0.2) is 8.07 Å². The van der Waals surface area contributed by atoms with Gasteiger partial charge in [0.25, 0.3) is 0 Å². The maximum atomic E-state index is 2.61. The normalized spacial score (nSPS) is 14.3. The van der Waals surface area contributed by atoms with Gasteiger partial charge in [-0.05, 0) is 135 Å². The monoisotopic (exact) mass is 875 g/mol. The van der Waals surface area contributed by atoms with Crippen LogP contribution in [0.15, 0.2) is 212 Å². The van der Waals surface area contributed by atoms with Crippen LogP contribution in [0, 0.1) is 0 Å². The van der Waals surface area contributed by atoms with Gasteiger partial charge in [0.2, 0.25) is 6.71 Å². The van der Waals surface area contributed by atoms with Crippen molar-refractivity contribution in [3.8, 4) is 22.3 Å². The second-order valence-corrected chi connectivity index (χ2v) is 24.6. The third kappa shape index (κ3) is 6.50. The summed E-state index contributed by atoms with van der Waals surface area (Å²) in [6.07, 6.45) is 2.53. The van der Waals surface area contributed by atoms with Crippen LogP contribution < -0.4 is 42.0 Å². The first-order valence-electron chi connectivity index (χ1n) is 24.0. The predicted octanol–water partition coefficient (Wildman–Crippen LogP) is 11.5. The molecule has 3 aliphatic heterocycles. The van der Waals surface area contributed by atoms with Gasteiger partial charge < -0.3 is 4.90 Å².